The molecular formula is C15H18N2O3. The molecule has 5 heteroatoms. The molecule has 1 aliphatic heterocycles. The number of carbonyl (C=O) groups is 1. The van der Waals surface area contributed by atoms with Crippen LogP contribution in [0.15, 0.2) is 18.2 Å². The number of benzene rings is 1. The van der Waals surface area contributed by atoms with Crippen LogP contribution in [0.3, 0.4) is 0 Å². The van der Waals surface area contributed by atoms with Crippen LogP contribution in [0.25, 0.3) is 0 Å². The van der Waals surface area contributed by atoms with Crippen molar-refractivity contribution in [2.24, 2.45) is 11.8 Å². The van der Waals surface area contributed by atoms with Gasteiger partial charge in [0.2, 0.25) is 0 Å². The maximum atomic E-state index is 12.0. The second-order valence-electron chi connectivity index (χ2n) is 5.88. The molecule has 4 rings (SSSR count). The number of hydrogen-bond acceptors (Lipinski definition) is 3. The summed E-state index contributed by atoms with van der Waals surface area (Å²) in [5, 5.41) is 5.91. The van der Waals surface area contributed by atoms with Gasteiger partial charge in [0, 0.05) is 17.8 Å². The van der Waals surface area contributed by atoms with Crippen LogP contribution < -0.4 is 20.1 Å². The quantitative estimate of drug-likeness (QED) is 0.870. The van der Waals surface area contributed by atoms with Gasteiger partial charge < -0.3 is 20.1 Å². The van der Waals surface area contributed by atoms with Crippen molar-refractivity contribution in [3.63, 3.8) is 0 Å². The van der Waals surface area contributed by atoms with E-state index >= 15 is 0 Å². The number of anilines is 1. The summed E-state index contributed by atoms with van der Waals surface area (Å²) in [7, 11) is 0. The first-order chi connectivity index (χ1) is 9.78. The van der Waals surface area contributed by atoms with Crippen molar-refractivity contribution in [3.05, 3.63) is 18.2 Å². The van der Waals surface area contributed by atoms with Crippen molar-refractivity contribution in [1.82, 2.24) is 5.32 Å². The lowest BCUT2D eigenvalue weighted by Gasteiger charge is -2.19. The molecule has 0 bridgehead atoms. The van der Waals surface area contributed by atoms with Crippen molar-refractivity contribution in [3.8, 4) is 11.5 Å². The van der Waals surface area contributed by atoms with Crippen LogP contribution in [0.2, 0.25) is 0 Å². The molecule has 106 valence electrons. The minimum Gasteiger partial charge on any atom is -0.486 e. The van der Waals surface area contributed by atoms with Crippen molar-refractivity contribution in [1.29, 1.82) is 0 Å². The largest absolute Gasteiger partial charge is 0.486 e. The van der Waals surface area contributed by atoms with Crippen LogP contribution in [-0.4, -0.2) is 25.3 Å². The summed E-state index contributed by atoms with van der Waals surface area (Å²) < 4.78 is 11.0. The Morgan fingerprint density at radius 1 is 1.05 bits per heavy atom. The molecule has 2 saturated carbocycles. The third-order valence-corrected chi connectivity index (χ3v) is 4.38. The van der Waals surface area contributed by atoms with Crippen molar-refractivity contribution in [2.75, 3.05) is 18.5 Å². The van der Waals surface area contributed by atoms with Crippen molar-refractivity contribution in [2.45, 2.75) is 25.3 Å². The Labute approximate surface area is 117 Å². The molecule has 1 aromatic rings. The number of carbonyl (C=O) groups excluding carboxylic acids is 1. The summed E-state index contributed by atoms with van der Waals surface area (Å²) in [5.74, 6) is 3.17. The highest BCUT2D eigenvalue weighted by atomic mass is 16.6. The number of ether oxygens (including phenoxy) is 2. The number of rotatable bonds is 2. The molecule has 2 fully saturated rings. The van der Waals surface area contributed by atoms with E-state index in [1.165, 1.54) is 6.42 Å². The summed E-state index contributed by atoms with van der Waals surface area (Å²) in [6, 6.07) is 5.68. The predicted molar refractivity (Wildman–Crippen MR) is 74.2 cm³/mol. The second-order valence-corrected chi connectivity index (χ2v) is 5.88. The van der Waals surface area contributed by atoms with E-state index in [2.05, 4.69) is 10.6 Å². The van der Waals surface area contributed by atoms with Gasteiger partial charge >= 0.3 is 6.03 Å². The maximum absolute atomic E-state index is 12.0. The summed E-state index contributed by atoms with van der Waals surface area (Å²) in [4.78, 5) is 12.0. The standard InChI is InChI=1S/C15H18N2O3/c18-15(17-12-6-9-5-10(9)7-12)16-11-1-2-13-14(8-11)20-4-3-19-13/h1-2,8-10,12H,3-7H2,(H2,16,17,18). The van der Waals surface area contributed by atoms with Crippen LogP contribution in [0.4, 0.5) is 10.5 Å². The van der Waals surface area contributed by atoms with Gasteiger partial charge in [-0.1, -0.05) is 0 Å². The fourth-order valence-electron chi connectivity index (χ4n) is 3.31. The monoisotopic (exact) mass is 274 g/mol. The topological polar surface area (TPSA) is 59.6 Å². The number of amides is 2. The van der Waals surface area contributed by atoms with E-state index in [4.69, 9.17) is 9.47 Å². The molecule has 1 heterocycles. The SMILES string of the molecule is O=C(Nc1ccc2c(c1)OCCO2)NC1CC2CC2C1. The van der Waals surface area contributed by atoms with E-state index in [-0.39, 0.29) is 6.03 Å². The third kappa shape index (κ3) is 2.28. The molecule has 0 aromatic heterocycles. The van der Waals surface area contributed by atoms with E-state index < -0.39 is 0 Å². The van der Waals surface area contributed by atoms with Gasteiger partial charge in [0.1, 0.15) is 13.2 Å². The minimum atomic E-state index is -0.132. The first-order valence-electron chi connectivity index (χ1n) is 7.25. The highest BCUT2D eigenvalue weighted by molar-refractivity contribution is 5.89. The molecule has 1 aromatic carbocycles. The molecule has 2 unspecified atom stereocenters. The lowest BCUT2D eigenvalue weighted by Crippen LogP contribution is -2.37. The maximum Gasteiger partial charge on any atom is 0.319 e. The lowest BCUT2D eigenvalue weighted by molar-refractivity contribution is 0.171. The number of hydrogen-bond donors (Lipinski definition) is 2. The third-order valence-electron chi connectivity index (χ3n) is 4.38. The number of urea groups is 1. The van der Waals surface area contributed by atoms with Crippen LogP contribution in [-0.2, 0) is 0 Å². The highest BCUT2D eigenvalue weighted by Gasteiger charge is 2.46. The normalized spacial score (nSPS) is 29.5. The van der Waals surface area contributed by atoms with Crippen LogP contribution in [0, 0.1) is 11.8 Å². The fraction of sp³-hybridized carbons (Fsp3) is 0.533. The van der Waals surface area contributed by atoms with Gasteiger partial charge in [-0.3, -0.25) is 0 Å². The van der Waals surface area contributed by atoms with Gasteiger partial charge in [-0.05, 0) is 43.2 Å². The number of nitrogens with one attached hydrogen (secondary N) is 2. The smallest absolute Gasteiger partial charge is 0.319 e. The Hall–Kier alpha value is -1.91. The molecule has 2 N–H and O–H groups in total. The molecule has 2 aliphatic carbocycles. The van der Waals surface area contributed by atoms with Gasteiger partial charge in [-0.25, -0.2) is 4.79 Å². The summed E-state index contributed by atoms with van der Waals surface area (Å²) >= 11 is 0. The lowest BCUT2D eigenvalue weighted by atomic mass is 10.2. The Bertz CT molecular complexity index is 536. The van der Waals surface area contributed by atoms with Gasteiger partial charge in [-0.15, -0.1) is 0 Å². The van der Waals surface area contributed by atoms with Gasteiger partial charge in [-0.2, -0.15) is 0 Å². The molecule has 0 radical (unpaired) electrons. The Kier molecular flexibility index (Phi) is 2.72. The van der Waals surface area contributed by atoms with Crippen LogP contribution in [0.5, 0.6) is 11.5 Å². The zero-order chi connectivity index (χ0) is 13.5. The fourth-order valence-corrected chi connectivity index (χ4v) is 3.31. The first-order valence-corrected chi connectivity index (χ1v) is 7.25. The molecule has 0 spiro atoms. The Morgan fingerprint density at radius 3 is 2.60 bits per heavy atom. The Balaban J connectivity index is 1.37. The second kappa shape index (κ2) is 4.58. The molecule has 5 nitrogen and oxygen atoms in total. The van der Waals surface area contributed by atoms with Gasteiger partial charge in [0.15, 0.2) is 11.5 Å². The van der Waals surface area contributed by atoms with Crippen LogP contribution >= 0.6 is 0 Å². The zero-order valence-electron chi connectivity index (χ0n) is 11.2. The van der Waals surface area contributed by atoms with Crippen molar-refractivity contribution < 1.29 is 14.3 Å². The van der Waals surface area contributed by atoms with Crippen molar-refractivity contribution >= 4 is 11.7 Å². The number of fused-ring (bicyclic) bond motifs is 2. The minimum absolute atomic E-state index is 0.132. The molecule has 2 amide bonds. The summed E-state index contributed by atoms with van der Waals surface area (Å²) in [5.41, 5.74) is 0.731. The molecule has 3 aliphatic rings. The first kappa shape index (κ1) is 11.9. The summed E-state index contributed by atoms with van der Waals surface area (Å²) in [6.07, 6.45) is 3.64. The van der Waals surface area contributed by atoms with E-state index in [0.29, 0.717) is 25.0 Å². The summed E-state index contributed by atoms with van der Waals surface area (Å²) in [6.45, 7) is 1.12. The van der Waals surface area contributed by atoms with Crippen LogP contribution in [0.1, 0.15) is 19.3 Å². The highest BCUT2D eigenvalue weighted by Crippen LogP contribution is 2.51. The van der Waals surface area contributed by atoms with E-state index in [9.17, 15) is 4.79 Å². The molecular weight excluding hydrogens is 256 g/mol. The van der Waals surface area contributed by atoms with E-state index in [0.717, 1.165) is 36.1 Å². The molecule has 0 saturated heterocycles. The zero-order valence-corrected chi connectivity index (χ0v) is 11.2. The average molecular weight is 274 g/mol. The Morgan fingerprint density at radius 2 is 1.80 bits per heavy atom. The van der Waals surface area contributed by atoms with E-state index in [1.807, 2.05) is 12.1 Å². The van der Waals surface area contributed by atoms with E-state index in [1.54, 1.807) is 6.07 Å². The molecule has 2 atom stereocenters. The predicted octanol–water partition coefficient (Wildman–Crippen LogP) is 2.38. The van der Waals surface area contributed by atoms with Gasteiger partial charge in [0.05, 0.1) is 0 Å². The molecule has 20 heavy (non-hydrogen) atoms. The van der Waals surface area contributed by atoms with Gasteiger partial charge in [0.25, 0.3) is 0 Å². The average Bonchev–Trinajstić information content (AvgIpc) is 3.06.